The fourth-order valence-corrected chi connectivity index (χ4v) is 4.92. The molecular weight excluding hydrogens is 434 g/mol. The van der Waals surface area contributed by atoms with Crippen LogP contribution in [0.15, 0.2) is 64.5 Å². The minimum atomic E-state index is 0.603. The molecule has 4 heterocycles. The Morgan fingerprint density at radius 1 is 0.939 bits per heavy atom. The lowest BCUT2D eigenvalue weighted by atomic mass is 10.1. The molecule has 3 aromatic heterocycles. The zero-order valence-electron chi connectivity index (χ0n) is 18.5. The molecule has 0 aliphatic carbocycles. The molecule has 170 valence electrons. The fourth-order valence-electron chi connectivity index (χ4n) is 4.01. The van der Waals surface area contributed by atoms with Crippen molar-refractivity contribution in [3.05, 3.63) is 66.6 Å². The summed E-state index contributed by atoms with van der Waals surface area (Å²) in [6.07, 6.45) is 8.94. The third-order valence-corrected chi connectivity index (χ3v) is 6.72. The van der Waals surface area contributed by atoms with E-state index in [-0.39, 0.29) is 0 Å². The molecule has 0 radical (unpaired) electrons. The molecule has 1 fully saturated rings. The van der Waals surface area contributed by atoms with E-state index in [4.69, 9.17) is 4.52 Å². The van der Waals surface area contributed by atoms with Crippen LogP contribution in [0.25, 0.3) is 17.1 Å². The van der Waals surface area contributed by atoms with E-state index in [9.17, 15) is 0 Å². The second-order valence-electron chi connectivity index (χ2n) is 8.11. The number of hydrogen-bond donors (Lipinski definition) is 0. The molecular formula is C24H27N7OS. The fraction of sp³-hybridized carbons (Fsp3) is 0.375. The lowest BCUT2D eigenvalue weighted by Crippen LogP contribution is -2.30. The van der Waals surface area contributed by atoms with Gasteiger partial charge in [0, 0.05) is 35.8 Å². The van der Waals surface area contributed by atoms with Gasteiger partial charge in [-0.3, -0.25) is 14.5 Å². The van der Waals surface area contributed by atoms with Gasteiger partial charge >= 0.3 is 0 Å². The lowest BCUT2D eigenvalue weighted by Gasteiger charge is -2.26. The number of aryl methyl sites for hydroxylation is 1. The van der Waals surface area contributed by atoms with E-state index in [2.05, 4.69) is 59.1 Å². The number of para-hydroxylation sites is 1. The first-order valence-electron chi connectivity index (χ1n) is 11.4. The van der Waals surface area contributed by atoms with Crippen LogP contribution in [0.1, 0.15) is 37.4 Å². The van der Waals surface area contributed by atoms with Crippen LogP contribution in [0, 0.1) is 0 Å². The van der Waals surface area contributed by atoms with Crippen molar-refractivity contribution >= 4 is 11.8 Å². The topological polar surface area (TPSA) is 85.8 Å². The molecule has 4 aromatic rings. The largest absolute Gasteiger partial charge is 0.339 e. The van der Waals surface area contributed by atoms with Crippen molar-refractivity contribution < 1.29 is 4.52 Å². The second kappa shape index (κ2) is 10.7. The summed E-state index contributed by atoms with van der Waals surface area (Å²) in [5, 5.41) is 14.1. The smallest absolute Gasteiger partial charge is 0.226 e. The Balaban J connectivity index is 1.22. The molecule has 1 saturated heterocycles. The van der Waals surface area contributed by atoms with Crippen molar-refractivity contribution in [2.75, 3.05) is 18.8 Å². The van der Waals surface area contributed by atoms with Gasteiger partial charge in [0.15, 0.2) is 11.0 Å². The number of benzene rings is 1. The van der Waals surface area contributed by atoms with Crippen molar-refractivity contribution in [3.63, 3.8) is 0 Å². The van der Waals surface area contributed by atoms with Crippen molar-refractivity contribution in [2.45, 2.75) is 43.8 Å². The molecule has 1 aliphatic heterocycles. The predicted molar refractivity (Wildman–Crippen MR) is 127 cm³/mol. The molecule has 0 bridgehead atoms. The summed E-state index contributed by atoms with van der Waals surface area (Å²) >= 11 is 1.72. The van der Waals surface area contributed by atoms with E-state index in [1.807, 2.05) is 18.2 Å². The normalized spacial score (nSPS) is 14.5. The third kappa shape index (κ3) is 5.48. The summed E-state index contributed by atoms with van der Waals surface area (Å²) in [6, 6.07) is 14.1. The quantitative estimate of drug-likeness (QED) is 0.267. The van der Waals surface area contributed by atoms with Crippen LogP contribution in [-0.4, -0.2) is 53.6 Å². The van der Waals surface area contributed by atoms with E-state index in [1.54, 1.807) is 24.2 Å². The Bertz CT molecular complexity index is 1140. The molecule has 0 spiro atoms. The van der Waals surface area contributed by atoms with Crippen molar-refractivity contribution in [1.29, 1.82) is 0 Å². The Labute approximate surface area is 197 Å². The Hall–Kier alpha value is -3.04. The van der Waals surface area contributed by atoms with E-state index in [0.29, 0.717) is 11.7 Å². The minimum absolute atomic E-state index is 0.603. The van der Waals surface area contributed by atoms with Gasteiger partial charge in [0.1, 0.15) is 0 Å². The van der Waals surface area contributed by atoms with Crippen LogP contribution in [0.5, 0.6) is 0 Å². The number of thioether (sulfide) groups is 1. The van der Waals surface area contributed by atoms with Gasteiger partial charge in [0.05, 0.1) is 6.54 Å². The number of nitrogens with zero attached hydrogens (tertiary/aromatic N) is 7. The highest BCUT2D eigenvalue weighted by atomic mass is 32.2. The standard InChI is InChI=1S/C24H27N7OS/c1-3-8-20(9-4-1)31-21(18-30-15-5-2-6-16-30)27-28-24(31)33-17-7-10-22-26-23(29-32-22)19-11-13-25-14-12-19/h1,3-4,8-9,11-14H,2,5-7,10,15-18H2. The summed E-state index contributed by atoms with van der Waals surface area (Å²) in [4.78, 5) is 11.0. The molecule has 9 heteroatoms. The summed E-state index contributed by atoms with van der Waals surface area (Å²) in [6.45, 7) is 3.10. The van der Waals surface area contributed by atoms with Crippen molar-refractivity contribution in [2.24, 2.45) is 0 Å². The molecule has 0 N–H and O–H groups in total. The average molecular weight is 462 g/mol. The summed E-state index contributed by atoms with van der Waals surface area (Å²) < 4.78 is 7.63. The van der Waals surface area contributed by atoms with Gasteiger partial charge in [-0.25, -0.2) is 0 Å². The van der Waals surface area contributed by atoms with Gasteiger partial charge in [-0.1, -0.05) is 41.5 Å². The zero-order chi connectivity index (χ0) is 22.3. The molecule has 0 amide bonds. The maximum atomic E-state index is 5.42. The molecule has 1 aliphatic rings. The van der Waals surface area contributed by atoms with Crippen LogP contribution in [0.4, 0.5) is 0 Å². The summed E-state index contributed by atoms with van der Waals surface area (Å²) in [7, 11) is 0. The average Bonchev–Trinajstić information content (AvgIpc) is 3.51. The first-order valence-corrected chi connectivity index (χ1v) is 12.4. The van der Waals surface area contributed by atoms with E-state index >= 15 is 0 Å². The molecule has 33 heavy (non-hydrogen) atoms. The highest BCUT2D eigenvalue weighted by Crippen LogP contribution is 2.25. The van der Waals surface area contributed by atoms with Crippen LogP contribution in [0.3, 0.4) is 0 Å². The van der Waals surface area contributed by atoms with Gasteiger partial charge in [0.2, 0.25) is 11.7 Å². The van der Waals surface area contributed by atoms with Crippen LogP contribution >= 0.6 is 11.8 Å². The predicted octanol–water partition coefficient (Wildman–Crippen LogP) is 4.42. The number of likely N-dealkylation sites (tertiary alicyclic amines) is 1. The zero-order valence-corrected chi connectivity index (χ0v) is 19.3. The second-order valence-corrected chi connectivity index (χ2v) is 9.17. The molecule has 5 rings (SSSR count). The lowest BCUT2D eigenvalue weighted by molar-refractivity contribution is 0.214. The Morgan fingerprint density at radius 2 is 1.76 bits per heavy atom. The Kier molecular flexibility index (Phi) is 7.08. The number of hydrogen-bond acceptors (Lipinski definition) is 8. The SMILES string of the molecule is c1ccc(-n2c(CN3CCCCC3)nnc2SCCCc2nc(-c3ccncc3)no2)cc1. The van der Waals surface area contributed by atoms with Crippen LogP contribution in [0.2, 0.25) is 0 Å². The highest BCUT2D eigenvalue weighted by molar-refractivity contribution is 7.99. The molecule has 0 atom stereocenters. The first kappa shape index (κ1) is 21.8. The Morgan fingerprint density at radius 3 is 2.58 bits per heavy atom. The van der Waals surface area contributed by atoms with Gasteiger partial charge in [-0.05, 0) is 56.6 Å². The number of piperidine rings is 1. The van der Waals surface area contributed by atoms with Gasteiger partial charge in [-0.2, -0.15) is 4.98 Å². The number of pyridine rings is 1. The van der Waals surface area contributed by atoms with Gasteiger partial charge in [0.25, 0.3) is 0 Å². The van der Waals surface area contributed by atoms with Crippen LogP contribution < -0.4 is 0 Å². The summed E-state index contributed by atoms with van der Waals surface area (Å²) in [5.74, 6) is 3.15. The monoisotopic (exact) mass is 461 g/mol. The highest BCUT2D eigenvalue weighted by Gasteiger charge is 2.19. The van der Waals surface area contributed by atoms with Crippen molar-refractivity contribution in [1.82, 2.24) is 34.8 Å². The first-order chi connectivity index (χ1) is 16.4. The van der Waals surface area contributed by atoms with Crippen LogP contribution in [-0.2, 0) is 13.0 Å². The molecule has 1 aromatic carbocycles. The van der Waals surface area contributed by atoms with Crippen molar-refractivity contribution in [3.8, 4) is 17.1 Å². The maximum Gasteiger partial charge on any atom is 0.226 e. The number of rotatable bonds is 9. The molecule has 0 unspecified atom stereocenters. The van der Waals surface area contributed by atoms with E-state index in [1.165, 1.54) is 19.3 Å². The van der Waals surface area contributed by atoms with Gasteiger partial charge < -0.3 is 4.52 Å². The molecule has 8 nitrogen and oxygen atoms in total. The minimum Gasteiger partial charge on any atom is -0.339 e. The summed E-state index contributed by atoms with van der Waals surface area (Å²) in [5.41, 5.74) is 2.02. The third-order valence-electron chi connectivity index (χ3n) is 5.70. The van der Waals surface area contributed by atoms with E-state index < -0.39 is 0 Å². The van der Waals surface area contributed by atoms with Gasteiger partial charge in [-0.15, -0.1) is 10.2 Å². The number of aromatic nitrogens is 6. The molecule has 0 saturated carbocycles. The maximum absolute atomic E-state index is 5.42. The van der Waals surface area contributed by atoms with E-state index in [0.717, 1.165) is 60.5 Å².